The van der Waals surface area contributed by atoms with Gasteiger partial charge in [-0.1, -0.05) is 41.9 Å². The van der Waals surface area contributed by atoms with Crippen LogP contribution in [0.15, 0.2) is 67.0 Å². The molecule has 0 radical (unpaired) electrons. The molecule has 0 atom stereocenters. The molecule has 0 bridgehead atoms. The van der Waals surface area contributed by atoms with Crippen molar-refractivity contribution >= 4 is 23.2 Å². The van der Waals surface area contributed by atoms with Gasteiger partial charge in [-0.05, 0) is 54.9 Å². The molecular weight excluding hydrogens is 514 g/mol. The van der Waals surface area contributed by atoms with Crippen molar-refractivity contribution in [2.75, 3.05) is 32.6 Å². The lowest BCUT2D eigenvalue weighted by Gasteiger charge is -2.16. The molecule has 4 rings (SSSR count). The Bertz CT molecular complexity index is 1440. The maximum atomic E-state index is 13.0. The smallest absolute Gasteiger partial charge is 0.274 e. The van der Waals surface area contributed by atoms with E-state index in [-0.39, 0.29) is 12.5 Å². The number of aliphatic hydroxyl groups excluding tert-OH is 1. The second-order valence-electron chi connectivity index (χ2n) is 8.96. The molecule has 2 aromatic heterocycles. The molecule has 0 aliphatic rings. The maximum Gasteiger partial charge on any atom is 0.274 e. The number of pyridine rings is 2. The third-order valence-electron chi connectivity index (χ3n) is 6.36. The molecule has 39 heavy (non-hydrogen) atoms. The first-order valence-electron chi connectivity index (χ1n) is 12.6. The Balaban J connectivity index is 1.59. The molecule has 4 aromatic rings. The highest BCUT2D eigenvalue weighted by molar-refractivity contribution is 6.35. The number of nitrogens with one attached hydrogen (secondary N) is 3. The average Bonchev–Trinajstić information content (AvgIpc) is 2.95. The van der Waals surface area contributed by atoms with E-state index < -0.39 is 0 Å². The second kappa shape index (κ2) is 13.3. The summed E-state index contributed by atoms with van der Waals surface area (Å²) in [6, 6.07) is 17.0. The highest BCUT2D eigenvalue weighted by atomic mass is 35.5. The summed E-state index contributed by atoms with van der Waals surface area (Å²) in [7, 11) is 3.54. The summed E-state index contributed by atoms with van der Waals surface area (Å²) in [6.45, 7) is 3.76. The molecule has 0 saturated carbocycles. The summed E-state index contributed by atoms with van der Waals surface area (Å²) in [5.74, 6) is 0.453. The van der Waals surface area contributed by atoms with Crippen LogP contribution in [0, 0.1) is 6.92 Å². The van der Waals surface area contributed by atoms with E-state index in [0.29, 0.717) is 41.7 Å². The summed E-state index contributed by atoms with van der Waals surface area (Å²) in [5.41, 5.74) is 7.01. The summed E-state index contributed by atoms with van der Waals surface area (Å²) < 4.78 is 5.58. The number of aromatic nitrogens is 2. The van der Waals surface area contributed by atoms with Crippen LogP contribution in [0.3, 0.4) is 0 Å². The number of hydrogen-bond acceptors (Lipinski definition) is 7. The number of amides is 1. The molecule has 0 fully saturated rings. The monoisotopic (exact) mass is 545 g/mol. The molecule has 0 aliphatic heterocycles. The Labute approximate surface area is 233 Å². The van der Waals surface area contributed by atoms with Crippen LogP contribution in [0.5, 0.6) is 5.75 Å². The third kappa shape index (κ3) is 6.61. The number of carbonyl (C=O) groups excluding carboxylic acids is 1. The number of carbonyl (C=O) groups is 1. The van der Waals surface area contributed by atoms with Crippen LogP contribution < -0.4 is 20.7 Å². The van der Waals surface area contributed by atoms with Gasteiger partial charge in [-0.3, -0.25) is 14.8 Å². The normalized spacial score (nSPS) is 10.9. The fourth-order valence-electron chi connectivity index (χ4n) is 4.31. The quantitative estimate of drug-likeness (QED) is 0.200. The van der Waals surface area contributed by atoms with Crippen molar-refractivity contribution in [1.29, 1.82) is 0 Å². The van der Waals surface area contributed by atoms with Gasteiger partial charge in [-0.2, -0.15) is 0 Å². The van der Waals surface area contributed by atoms with Crippen molar-refractivity contribution < 1.29 is 14.6 Å². The summed E-state index contributed by atoms with van der Waals surface area (Å²) in [5, 5.41) is 18.6. The van der Waals surface area contributed by atoms with Gasteiger partial charge in [0.1, 0.15) is 11.4 Å². The molecule has 2 heterocycles. The number of benzene rings is 2. The predicted octanol–water partition coefficient (Wildman–Crippen LogP) is 4.83. The molecule has 0 aliphatic carbocycles. The van der Waals surface area contributed by atoms with Crippen LogP contribution in [0.25, 0.3) is 22.4 Å². The standard InChI is InChI=1S/C30H32ClN5O3/c1-19-23(5-4-6-25(19)36-30(38)26-10-7-20(17-35-26)16-33-13-14-37)24-11-12-34-29(28(24)31)21-8-9-22(18-32-2)27(15-21)39-3/h4-12,15,17,32-33,37H,13-14,16,18H2,1-3H3,(H,36,38). The minimum Gasteiger partial charge on any atom is -0.496 e. The van der Waals surface area contributed by atoms with Crippen molar-refractivity contribution in [3.8, 4) is 28.1 Å². The van der Waals surface area contributed by atoms with Gasteiger partial charge < -0.3 is 25.8 Å². The first-order valence-corrected chi connectivity index (χ1v) is 13.0. The topological polar surface area (TPSA) is 108 Å². The fraction of sp³-hybridized carbons (Fsp3) is 0.233. The molecule has 0 saturated heterocycles. The van der Waals surface area contributed by atoms with Crippen molar-refractivity contribution in [2.24, 2.45) is 0 Å². The fourth-order valence-corrected chi connectivity index (χ4v) is 4.63. The third-order valence-corrected chi connectivity index (χ3v) is 6.75. The van der Waals surface area contributed by atoms with E-state index in [1.165, 1.54) is 0 Å². The Morgan fingerprint density at radius 1 is 1.05 bits per heavy atom. The number of rotatable bonds is 11. The Morgan fingerprint density at radius 2 is 1.90 bits per heavy atom. The van der Waals surface area contributed by atoms with Crippen molar-refractivity contribution in [2.45, 2.75) is 20.0 Å². The number of hydrogen-bond donors (Lipinski definition) is 4. The van der Waals surface area contributed by atoms with Crippen LogP contribution in [0.4, 0.5) is 5.69 Å². The molecule has 202 valence electrons. The van der Waals surface area contributed by atoms with E-state index in [1.807, 2.05) is 62.5 Å². The minimum atomic E-state index is -0.305. The number of ether oxygens (including phenoxy) is 1. The van der Waals surface area contributed by atoms with Crippen LogP contribution in [0.1, 0.15) is 27.2 Å². The zero-order valence-electron chi connectivity index (χ0n) is 22.2. The molecule has 8 nitrogen and oxygen atoms in total. The van der Waals surface area contributed by atoms with Crippen LogP contribution >= 0.6 is 11.6 Å². The summed E-state index contributed by atoms with van der Waals surface area (Å²) in [6.07, 6.45) is 3.39. The van der Waals surface area contributed by atoms with Gasteiger partial charge in [0, 0.05) is 54.4 Å². The highest BCUT2D eigenvalue weighted by Crippen LogP contribution is 2.39. The zero-order chi connectivity index (χ0) is 27.8. The largest absolute Gasteiger partial charge is 0.496 e. The van der Waals surface area contributed by atoms with Gasteiger partial charge in [0.05, 0.1) is 24.4 Å². The maximum absolute atomic E-state index is 13.0. The molecule has 9 heteroatoms. The lowest BCUT2D eigenvalue weighted by Crippen LogP contribution is -2.18. The van der Waals surface area contributed by atoms with E-state index in [4.69, 9.17) is 21.4 Å². The van der Waals surface area contributed by atoms with Gasteiger partial charge in [-0.25, -0.2) is 0 Å². The first-order chi connectivity index (χ1) is 19.0. The Morgan fingerprint density at radius 3 is 2.62 bits per heavy atom. The molecule has 0 spiro atoms. The van der Waals surface area contributed by atoms with Crippen molar-refractivity contribution in [1.82, 2.24) is 20.6 Å². The van der Waals surface area contributed by atoms with Gasteiger partial charge in [0.2, 0.25) is 0 Å². The lowest BCUT2D eigenvalue weighted by molar-refractivity contribution is 0.102. The highest BCUT2D eigenvalue weighted by Gasteiger charge is 2.17. The molecule has 0 unspecified atom stereocenters. The van der Waals surface area contributed by atoms with E-state index in [9.17, 15) is 4.79 Å². The van der Waals surface area contributed by atoms with Crippen molar-refractivity contribution in [3.63, 3.8) is 0 Å². The summed E-state index contributed by atoms with van der Waals surface area (Å²) in [4.78, 5) is 21.8. The Hall–Kier alpha value is -3.82. The van der Waals surface area contributed by atoms with Crippen molar-refractivity contribution in [3.05, 3.63) is 94.4 Å². The Kier molecular flexibility index (Phi) is 9.62. The van der Waals surface area contributed by atoms with E-state index in [0.717, 1.165) is 39.1 Å². The average molecular weight is 546 g/mol. The number of anilines is 1. The molecule has 1 amide bonds. The van der Waals surface area contributed by atoms with Gasteiger partial charge in [-0.15, -0.1) is 0 Å². The number of halogens is 1. The van der Waals surface area contributed by atoms with E-state index in [1.54, 1.807) is 25.6 Å². The molecular formula is C30H32ClN5O3. The zero-order valence-corrected chi connectivity index (χ0v) is 23.0. The van der Waals surface area contributed by atoms with Crippen LogP contribution in [-0.4, -0.2) is 48.3 Å². The SMILES string of the molecule is CNCc1ccc(-c2nccc(-c3cccc(NC(=O)c4ccc(CNCCO)cn4)c3C)c2Cl)cc1OC. The first kappa shape index (κ1) is 28.2. The van der Waals surface area contributed by atoms with Crippen LogP contribution in [0.2, 0.25) is 5.02 Å². The van der Waals surface area contributed by atoms with E-state index >= 15 is 0 Å². The number of methoxy groups -OCH3 is 1. The minimum absolute atomic E-state index is 0.0666. The van der Waals surface area contributed by atoms with Gasteiger partial charge in [0.25, 0.3) is 5.91 Å². The van der Waals surface area contributed by atoms with Gasteiger partial charge >= 0.3 is 0 Å². The summed E-state index contributed by atoms with van der Waals surface area (Å²) >= 11 is 6.93. The molecule has 2 aromatic carbocycles. The lowest BCUT2D eigenvalue weighted by atomic mass is 9.97. The number of aliphatic hydroxyl groups is 1. The van der Waals surface area contributed by atoms with Crippen LogP contribution in [-0.2, 0) is 13.1 Å². The second-order valence-corrected chi connectivity index (χ2v) is 9.34. The van der Waals surface area contributed by atoms with E-state index in [2.05, 4.69) is 25.9 Å². The predicted molar refractivity (Wildman–Crippen MR) is 155 cm³/mol. The number of nitrogens with zero attached hydrogens (tertiary/aromatic N) is 2. The molecule has 4 N–H and O–H groups in total. The van der Waals surface area contributed by atoms with Gasteiger partial charge in [0.15, 0.2) is 0 Å².